The van der Waals surface area contributed by atoms with Crippen LogP contribution in [0.2, 0.25) is 0 Å². The van der Waals surface area contributed by atoms with Crippen molar-refractivity contribution in [1.82, 2.24) is 4.40 Å². The number of hydrogen-bond donors (Lipinski definition) is 0. The second-order valence-electron chi connectivity index (χ2n) is 6.99. The predicted molar refractivity (Wildman–Crippen MR) is 114 cm³/mol. The molecule has 1 aliphatic rings. The summed E-state index contributed by atoms with van der Waals surface area (Å²) in [4.78, 5) is 51.7. The highest BCUT2D eigenvalue weighted by molar-refractivity contribution is 6.28. The van der Waals surface area contributed by atoms with Gasteiger partial charge in [-0.15, -0.1) is 0 Å². The molecule has 1 aliphatic carbocycles. The van der Waals surface area contributed by atoms with Crippen molar-refractivity contribution in [1.29, 1.82) is 0 Å². The van der Waals surface area contributed by atoms with E-state index in [4.69, 9.17) is 14.2 Å². The normalized spacial score (nSPS) is 12.9. The number of ether oxygens (including phenoxy) is 3. The molecule has 0 saturated carbocycles. The van der Waals surface area contributed by atoms with E-state index in [9.17, 15) is 19.2 Å². The Labute approximate surface area is 183 Å². The van der Waals surface area contributed by atoms with Gasteiger partial charge in [-0.2, -0.15) is 0 Å². The highest BCUT2D eigenvalue weighted by Gasteiger charge is 2.33. The van der Waals surface area contributed by atoms with Crippen LogP contribution in [0, 0.1) is 0 Å². The van der Waals surface area contributed by atoms with Crippen molar-refractivity contribution in [3.05, 3.63) is 82.4 Å². The Kier molecular flexibility index (Phi) is 5.36. The van der Waals surface area contributed by atoms with E-state index in [-0.39, 0.29) is 40.3 Å². The van der Waals surface area contributed by atoms with Crippen LogP contribution in [0.1, 0.15) is 54.0 Å². The molecule has 8 nitrogen and oxygen atoms in total. The molecule has 3 aromatic rings. The molecule has 0 fully saturated rings. The molecule has 4 rings (SSSR count). The van der Waals surface area contributed by atoms with E-state index in [1.807, 2.05) is 0 Å². The zero-order valence-electron chi connectivity index (χ0n) is 17.6. The fourth-order valence-corrected chi connectivity index (χ4v) is 3.65. The van der Waals surface area contributed by atoms with Crippen LogP contribution < -0.4 is 4.74 Å². The lowest BCUT2D eigenvalue weighted by Gasteiger charge is -2.19. The molecule has 2 aromatic heterocycles. The highest BCUT2D eigenvalue weighted by Crippen LogP contribution is 2.30. The van der Waals surface area contributed by atoms with Crippen LogP contribution in [0.4, 0.5) is 0 Å². The number of Topliss-reactive ketones (excluding diaryl/α,β-unsaturated/α-hetero) is 1. The number of rotatable bonds is 6. The van der Waals surface area contributed by atoms with Gasteiger partial charge in [-0.3, -0.25) is 14.4 Å². The largest absolute Gasteiger partial charge is 0.497 e. The first-order valence-electron chi connectivity index (χ1n) is 9.79. The van der Waals surface area contributed by atoms with Gasteiger partial charge in [0.25, 0.3) is 0 Å². The Bertz CT molecular complexity index is 1310. The van der Waals surface area contributed by atoms with Crippen LogP contribution in [0.15, 0.2) is 54.4 Å². The predicted octanol–water partition coefficient (Wildman–Crippen LogP) is 3.26. The van der Waals surface area contributed by atoms with Gasteiger partial charge in [0.2, 0.25) is 11.6 Å². The van der Waals surface area contributed by atoms with Crippen molar-refractivity contribution >= 4 is 28.8 Å². The van der Waals surface area contributed by atoms with Crippen LogP contribution >= 0.6 is 0 Å². The van der Waals surface area contributed by atoms with E-state index >= 15 is 0 Å². The maximum atomic E-state index is 13.5. The summed E-state index contributed by atoms with van der Waals surface area (Å²) in [5.41, 5.74) is 0.832. The molecule has 0 aliphatic heterocycles. The molecule has 0 spiro atoms. The second kappa shape index (κ2) is 8.14. The molecule has 0 N–H and O–H groups in total. The first-order valence-corrected chi connectivity index (χ1v) is 9.79. The van der Waals surface area contributed by atoms with Crippen molar-refractivity contribution < 1.29 is 33.4 Å². The van der Waals surface area contributed by atoms with Gasteiger partial charge in [0.05, 0.1) is 32.0 Å². The summed E-state index contributed by atoms with van der Waals surface area (Å²) >= 11 is 0. The first-order chi connectivity index (χ1) is 15.4. The molecular weight excluding hydrogens is 414 g/mol. The van der Waals surface area contributed by atoms with Crippen molar-refractivity contribution in [2.75, 3.05) is 20.8 Å². The van der Waals surface area contributed by atoms with E-state index < -0.39 is 23.3 Å². The summed E-state index contributed by atoms with van der Waals surface area (Å²) in [5, 5.41) is 0. The molecule has 32 heavy (non-hydrogen) atoms. The minimum absolute atomic E-state index is 0.0250. The van der Waals surface area contributed by atoms with Gasteiger partial charge < -0.3 is 18.6 Å². The summed E-state index contributed by atoms with van der Waals surface area (Å²) in [6.07, 6.45) is 2.49. The number of pyridine rings is 1. The third-order valence-electron chi connectivity index (χ3n) is 5.16. The van der Waals surface area contributed by atoms with Gasteiger partial charge in [-0.1, -0.05) is 0 Å². The van der Waals surface area contributed by atoms with Gasteiger partial charge in [-0.25, -0.2) is 4.79 Å². The molecule has 0 bridgehead atoms. The lowest BCUT2D eigenvalue weighted by Crippen LogP contribution is -2.24. The van der Waals surface area contributed by atoms with E-state index in [1.54, 1.807) is 31.2 Å². The fraction of sp³-hybridized carbons (Fsp3) is 0.167. The molecule has 1 aromatic carbocycles. The Balaban J connectivity index is 1.99. The summed E-state index contributed by atoms with van der Waals surface area (Å²) in [7, 11) is 2.80. The zero-order valence-corrected chi connectivity index (χ0v) is 17.6. The molecule has 162 valence electrons. The van der Waals surface area contributed by atoms with Crippen LogP contribution in [-0.2, 0) is 9.47 Å². The molecule has 0 saturated heterocycles. The van der Waals surface area contributed by atoms with Gasteiger partial charge in [-0.05, 0) is 43.3 Å². The second-order valence-corrected chi connectivity index (χ2v) is 6.99. The van der Waals surface area contributed by atoms with Gasteiger partial charge in [0, 0.05) is 28.9 Å². The van der Waals surface area contributed by atoms with Gasteiger partial charge >= 0.3 is 5.97 Å². The zero-order chi connectivity index (χ0) is 23.0. The number of fused-ring (bicyclic) bond motifs is 2. The summed E-state index contributed by atoms with van der Waals surface area (Å²) in [6.45, 7) is 1.86. The molecule has 0 amide bonds. The minimum Gasteiger partial charge on any atom is -0.497 e. The maximum absolute atomic E-state index is 13.5. The van der Waals surface area contributed by atoms with Crippen molar-refractivity contribution in [3.63, 3.8) is 0 Å². The number of carbonyl (C=O) groups is 4. The lowest BCUT2D eigenvalue weighted by molar-refractivity contribution is 0.0526. The number of allylic oxidation sites excluding steroid dienone is 2. The monoisotopic (exact) mass is 433 g/mol. The molecule has 2 heterocycles. The third kappa shape index (κ3) is 3.35. The Morgan fingerprint density at radius 2 is 1.69 bits per heavy atom. The summed E-state index contributed by atoms with van der Waals surface area (Å²) in [5.74, 6) is -1.69. The average Bonchev–Trinajstić information content (AvgIpc) is 3.24. The number of carbonyl (C=O) groups excluding carboxylic acids is 4. The number of nitrogens with zero attached hydrogens (tertiary/aromatic N) is 1. The Hall–Kier alpha value is -4.20. The smallest absolute Gasteiger partial charge is 0.339 e. The standard InChI is InChI=1S/C24H19NO7/c1-4-32-24(29)14-9-15-10-17-20(18(26)11-19(31-3)23(17)28)21(25(15)12-14)22(27)13-5-7-16(30-2)8-6-13/h5-12H,4H2,1-3H3. The molecular formula is C24H19NO7. The number of aromatic nitrogens is 1. The fourth-order valence-electron chi connectivity index (χ4n) is 3.65. The van der Waals surface area contributed by atoms with Gasteiger partial charge in [0.15, 0.2) is 11.5 Å². The quantitative estimate of drug-likeness (QED) is 0.434. The van der Waals surface area contributed by atoms with Crippen molar-refractivity contribution in [2.24, 2.45) is 0 Å². The molecule has 0 atom stereocenters. The number of hydrogen-bond acceptors (Lipinski definition) is 7. The number of methoxy groups -OCH3 is 2. The van der Waals surface area contributed by atoms with Gasteiger partial charge in [0.1, 0.15) is 11.4 Å². The summed E-state index contributed by atoms with van der Waals surface area (Å²) < 4.78 is 16.7. The van der Waals surface area contributed by atoms with Crippen LogP contribution in [-0.4, -0.2) is 48.5 Å². The molecule has 8 heteroatoms. The Morgan fingerprint density at radius 1 is 0.969 bits per heavy atom. The molecule has 0 radical (unpaired) electrons. The van der Waals surface area contributed by atoms with Crippen LogP contribution in [0.25, 0.3) is 5.52 Å². The van der Waals surface area contributed by atoms with Crippen molar-refractivity contribution in [2.45, 2.75) is 6.92 Å². The highest BCUT2D eigenvalue weighted by atomic mass is 16.5. The van der Waals surface area contributed by atoms with E-state index in [1.165, 1.54) is 36.9 Å². The SMILES string of the molecule is CCOC(=O)c1cc2cc3c(c(C(=O)c4ccc(OC)cc4)n2c1)C(=O)C=C(OC)C3=O. The van der Waals surface area contributed by atoms with E-state index in [0.717, 1.165) is 6.08 Å². The minimum atomic E-state index is -0.578. The maximum Gasteiger partial charge on any atom is 0.339 e. The number of ketones is 3. The lowest BCUT2D eigenvalue weighted by atomic mass is 9.89. The number of benzene rings is 1. The van der Waals surface area contributed by atoms with E-state index in [2.05, 4.69) is 0 Å². The summed E-state index contributed by atoms with van der Waals surface area (Å²) in [6, 6.07) is 9.34. The third-order valence-corrected chi connectivity index (χ3v) is 5.16. The number of esters is 1. The molecule has 0 unspecified atom stereocenters. The Morgan fingerprint density at radius 3 is 2.31 bits per heavy atom. The van der Waals surface area contributed by atoms with Crippen molar-refractivity contribution in [3.8, 4) is 5.75 Å². The topological polar surface area (TPSA) is 100 Å². The first kappa shape index (κ1) is 21.0. The van der Waals surface area contributed by atoms with Crippen LogP contribution in [0.5, 0.6) is 5.75 Å². The van der Waals surface area contributed by atoms with Crippen LogP contribution in [0.3, 0.4) is 0 Å². The van der Waals surface area contributed by atoms with E-state index in [0.29, 0.717) is 11.3 Å². The average molecular weight is 433 g/mol.